The van der Waals surface area contributed by atoms with Crippen molar-refractivity contribution in [2.24, 2.45) is 7.05 Å². The summed E-state index contributed by atoms with van der Waals surface area (Å²) in [6.45, 7) is 1.66. The lowest BCUT2D eigenvalue weighted by Crippen LogP contribution is -2.25. The average molecular weight is 490 g/mol. The fourth-order valence-corrected chi connectivity index (χ4v) is 3.63. The third-order valence-corrected chi connectivity index (χ3v) is 5.56. The number of rotatable bonds is 6. The largest absolute Gasteiger partial charge is 0.454 e. The fourth-order valence-electron chi connectivity index (χ4n) is 3.63. The third kappa shape index (κ3) is 4.74. The molecule has 9 nitrogen and oxygen atoms in total. The number of carbonyl (C=O) groups is 2. The molecule has 2 heterocycles. The van der Waals surface area contributed by atoms with Crippen LogP contribution in [-0.4, -0.2) is 45.2 Å². The molecule has 0 saturated carbocycles. The van der Waals surface area contributed by atoms with E-state index in [2.05, 4.69) is 10.3 Å². The maximum atomic E-state index is 14.8. The van der Waals surface area contributed by atoms with E-state index in [-0.39, 0.29) is 34.4 Å². The van der Waals surface area contributed by atoms with Gasteiger partial charge in [-0.1, -0.05) is 18.2 Å². The van der Waals surface area contributed by atoms with Gasteiger partial charge in [-0.2, -0.15) is 0 Å². The number of ether oxygens (including phenoxy) is 1. The Kier molecular flexibility index (Phi) is 6.69. The molecule has 1 N–H and O–H groups in total. The molecule has 0 fully saturated rings. The lowest BCUT2D eigenvalue weighted by molar-refractivity contribution is 0.0821. The normalized spacial score (nSPS) is 10.7. The summed E-state index contributed by atoms with van der Waals surface area (Å²) in [4.78, 5) is 43.5. The fraction of sp³-hybridized carbons (Fsp3) is 0.154. The van der Waals surface area contributed by atoms with Gasteiger partial charge < -0.3 is 15.0 Å². The van der Waals surface area contributed by atoms with Crippen molar-refractivity contribution in [1.82, 2.24) is 19.2 Å². The highest BCUT2D eigenvalue weighted by molar-refractivity contribution is 6.05. The van der Waals surface area contributed by atoms with Crippen molar-refractivity contribution in [1.29, 1.82) is 0 Å². The predicted octanol–water partition coefficient (Wildman–Crippen LogP) is 3.76. The molecular weight excluding hydrogens is 465 g/mol. The van der Waals surface area contributed by atoms with Gasteiger partial charge >= 0.3 is 0 Å². The molecule has 184 valence electrons. The summed E-state index contributed by atoms with van der Waals surface area (Å²) >= 11 is 0. The van der Waals surface area contributed by atoms with Crippen LogP contribution in [0.3, 0.4) is 0 Å². The molecule has 0 unspecified atom stereocenters. The summed E-state index contributed by atoms with van der Waals surface area (Å²) in [6.07, 6.45) is 1.39. The molecule has 4 rings (SSSR count). The van der Waals surface area contributed by atoms with Crippen LogP contribution < -0.4 is 15.6 Å². The molecule has 10 heteroatoms. The second-order valence-corrected chi connectivity index (χ2v) is 8.21. The molecule has 2 amide bonds. The van der Waals surface area contributed by atoms with Gasteiger partial charge in [-0.3, -0.25) is 24.0 Å². The Morgan fingerprint density at radius 1 is 1.06 bits per heavy atom. The van der Waals surface area contributed by atoms with Gasteiger partial charge in [0.05, 0.1) is 11.4 Å². The molecule has 0 spiro atoms. The topological polar surface area (TPSA) is 98.5 Å². The van der Waals surface area contributed by atoms with Gasteiger partial charge in [0.1, 0.15) is 17.0 Å². The monoisotopic (exact) mass is 489 g/mol. The lowest BCUT2D eigenvalue weighted by atomic mass is 10.2. The zero-order valence-electron chi connectivity index (χ0n) is 20.2. The first-order chi connectivity index (χ1) is 17.2. The van der Waals surface area contributed by atoms with Gasteiger partial charge in [-0.15, -0.1) is 0 Å². The van der Waals surface area contributed by atoms with Crippen molar-refractivity contribution in [2.75, 3.05) is 19.4 Å². The van der Waals surface area contributed by atoms with Crippen LogP contribution in [0.15, 0.2) is 71.7 Å². The van der Waals surface area contributed by atoms with E-state index in [1.165, 1.54) is 40.0 Å². The van der Waals surface area contributed by atoms with Crippen LogP contribution in [0.5, 0.6) is 11.5 Å². The van der Waals surface area contributed by atoms with Gasteiger partial charge in [0, 0.05) is 45.2 Å². The molecule has 2 aromatic carbocycles. The number of nitrogens with zero attached hydrogens (tertiary/aromatic N) is 4. The molecule has 0 aliphatic carbocycles. The second-order valence-electron chi connectivity index (χ2n) is 8.21. The Labute approximate surface area is 206 Å². The van der Waals surface area contributed by atoms with Crippen molar-refractivity contribution in [3.05, 3.63) is 100.0 Å². The maximum Gasteiger partial charge on any atom is 0.284 e. The predicted molar refractivity (Wildman–Crippen MR) is 132 cm³/mol. The third-order valence-electron chi connectivity index (χ3n) is 5.56. The standard InChI is InChI=1S/C26H24FN5O4/c1-16-23(26(35)32(31(16)4)18-8-6-5-7-9-18)24(33)29-17-10-11-22(20(27)14-17)36-19-12-13-28-21(15-19)25(34)30(2)3/h5-15H,1-4H3,(H,29,33). The van der Waals surface area contributed by atoms with Crippen LogP contribution in [0, 0.1) is 12.7 Å². The zero-order chi connectivity index (χ0) is 26.0. The number of amides is 2. The zero-order valence-corrected chi connectivity index (χ0v) is 20.2. The first-order valence-corrected chi connectivity index (χ1v) is 11.0. The number of nitrogens with one attached hydrogen (secondary N) is 1. The van der Waals surface area contributed by atoms with Crippen molar-refractivity contribution in [3.8, 4) is 17.2 Å². The molecule has 0 aliphatic heterocycles. The Balaban J connectivity index is 1.55. The van der Waals surface area contributed by atoms with Crippen LogP contribution in [0.1, 0.15) is 26.5 Å². The van der Waals surface area contributed by atoms with E-state index in [4.69, 9.17) is 4.74 Å². The smallest absolute Gasteiger partial charge is 0.284 e. The lowest BCUT2D eigenvalue weighted by Gasteiger charge is -2.12. The molecule has 0 saturated heterocycles. The molecule has 36 heavy (non-hydrogen) atoms. The second kappa shape index (κ2) is 9.87. The summed E-state index contributed by atoms with van der Waals surface area (Å²) < 4.78 is 23.3. The van der Waals surface area contributed by atoms with Crippen molar-refractivity contribution in [2.45, 2.75) is 6.92 Å². The highest BCUT2D eigenvalue weighted by Crippen LogP contribution is 2.27. The van der Waals surface area contributed by atoms with Crippen LogP contribution in [0.2, 0.25) is 0 Å². The van der Waals surface area contributed by atoms with Crippen LogP contribution >= 0.6 is 0 Å². The molecule has 0 bridgehead atoms. The van der Waals surface area contributed by atoms with E-state index < -0.39 is 17.3 Å². The summed E-state index contributed by atoms with van der Waals surface area (Å²) in [5.74, 6) is -1.59. The molecular formula is C26H24FN5O4. The van der Waals surface area contributed by atoms with Gasteiger partial charge in [0.15, 0.2) is 11.6 Å². The Morgan fingerprint density at radius 3 is 2.44 bits per heavy atom. The van der Waals surface area contributed by atoms with E-state index in [1.807, 2.05) is 6.07 Å². The van der Waals surface area contributed by atoms with Crippen LogP contribution in [0.4, 0.5) is 10.1 Å². The SMILES string of the molecule is Cc1c(C(=O)Nc2ccc(Oc3ccnc(C(=O)N(C)C)c3)c(F)c2)c(=O)n(-c2ccccc2)n1C. The summed E-state index contributed by atoms with van der Waals surface area (Å²) in [5.41, 5.74) is 0.851. The Bertz CT molecular complexity index is 1510. The summed E-state index contributed by atoms with van der Waals surface area (Å²) in [6, 6.07) is 15.7. The minimum atomic E-state index is -0.739. The number of carbonyl (C=O) groups excluding carboxylic acids is 2. The first-order valence-electron chi connectivity index (χ1n) is 11.0. The number of anilines is 1. The molecule has 4 aromatic rings. The maximum absolute atomic E-state index is 14.8. The number of hydrogen-bond donors (Lipinski definition) is 1. The van der Waals surface area contributed by atoms with Crippen LogP contribution in [-0.2, 0) is 7.05 Å². The quantitative estimate of drug-likeness (QED) is 0.445. The number of pyridine rings is 1. The minimum absolute atomic E-state index is 0.0445. The first kappa shape index (κ1) is 24.4. The molecule has 0 atom stereocenters. The van der Waals surface area contributed by atoms with Gasteiger partial charge in [-0.05, 0) is 37.3 Å². The number of halogens is 1. The van der Waals surface area contributed by atoms with Crippen LogP contribution in [0.25, 0.3) is 5.69 Å². The Hall–Kier alpha value is -4.73. The number of aromatic nitrogens is 3. The number of para-hydroxylation sites is 1. The van der Waals surface area contributed by atoms with E-state index in [9.17, 15) is 18.8 Å². The molecule has 0 radical (unpaired) electrons. The Morgan fingerprint density at radius 2 is 1.78 bits per heavy atom. The van der Waals surface area contributed by atoms with E-state index in [0.717, 1.165) is 6.07 Å². The summed E-state index contributed by atoms with van der Waals surface area (Å²) in [7, 11) is 4.87. The molecule has 2 aromatic heterocycles. The molecule has 0 aliphatic rings. The number of hydrogen-bond acceptors (Lipinski definition) is 5. The van der Waals surface area contributed by atoms with Crippen molar-refractivity contribution >= 4 is 17.5 Å². The van der Waals surface area contributed by atoms with Crippen molar-refractivity contribution < 1.29 is 18.7 Å². The van der Waals surface area contributed by atoms with E-state index >= 15 is 0 Å². The summed E-state index contributed by atoms with van der Waals surface area (Å²) in [5, 5.41) is 2.58. The van der Waals surface area contributed by atoms with E-state index in [1.54, 1.807) is 57.0 Å². The minimum Gasteiger partial charge on any atom is -0.454 e. The average Bonchev–Trinajstić information content (AvgIpc) is 3.08. The van der Waals surface area contributed by atoms with Gasteiger partial charge in [0.25, 0.3) is 17.4 Å². The highest BCUT2D eigenvalue weighted by Gasteiger charge is 2.22. The highest BCUT2D eigenvalue weighted by atomic mass is 19.1. The van der Waals surface area contributed by atoms with Gasteiger partial charge in [-0.25, -0.2) is 9.07 Å². The van der Waals surface area contributed by atoms with Crippen molar-refractivity contribution in [3.63, 3.8) is 0 Å². The number of benzene rings is 2. The van der Waals surface area contributed by atoms with E-state index in [0.29, 0.717) is 11.4 Å². The van der Waals surface area contributed by atoms with Gasteiger partial charge in [0.2, 0.25) is 0 Å².